The van der Waals surface area contributed by atoms with Crippen molar-refractivity contribution in [1.82, 2.24) is 5.32 Å². The third-order valence-corrected chi connectivity index (χ3v) is 3.78. The summed E-state index contributed by atoms with van der Waals surface area (Å²) in [4.78, 5) is 14.1. The summed E-state index contributed by atoms with van der Waals surface area (Å²) < 4.78 is 0. The Labute approximate surface area is 162 Å². The molecule has 0 bridgehead atoms. The number of unbranched alkanes of at least 4 members (excludes halogenated alkanes) is 1. The number of hydrogen-bond donors (Lipinski definition) is 2. The monoisotopic (exact) mass is 383 g/mol. The fourth-order valence-corrected chi connectivity index (χ4v) is 2.40. The van der Waals surface area contributed by atoms with Gasteiger partial charge >= 0.3 is 0 Å². The van der Waals surface area contributed by atoms with Crippen molar-refractivity contribution in [2.24, 2.45) is 0 Å². The summed E-state index contributed by atoms with van der Waals surface area (Å²) in [7, 11) is 2.09. The maximum atomic E-state index is 11.9. The summed E-state index contributed by atoms with van der Waals surface area (Å²) >= 11 is 0. The van der Waals surface area contributed by atoms with Gasteiger partial charge in [-0.05, 0) is 42.7 Å². The van der Waals surface area contributed by atoms with Crippen LogP contribution in [0.25, 0.3) is 0 Å². The normalized spacial score (nSPS) is 9.48. The molecule has 0 saturated heterocycles. The number of nitrogen functional groups attached to an aromatic ring is 1. The van der Waals surface area contributed by atoms with Gasteiger partial charge in [0, 0.05) is 31.5 Å². The number of benzene rings is 2. The predicted octanol–water partition coefficient (Wildman–Crippen LogP) is 3.69. The minimum Gasteiger partial charge on any atom is -0.399 e. The van der Waals surface area contributed by atoms with Crippen LogP contribution in [0.5, 0.6) is 0 Å². The molecule has 0 saturated carbocycles. The molecule has 138 valence electrons. The van der Waals surface area contributed by atoms with E-state index in [4.69, 9.17) is 5.73 Å². The van der Waals surface area contributed by atoms with Crippen LogP contribution in [-0.2, 0) is 11.2 Å². The maximum Gasteiger partial charge on any atom is 0.224 e. The molecule has 0 atom stereocenters. The van der Waals surface area contributed by atoms with Crippen LogP contribution in [-0.4, -0.2) is 26.0 Å². The van der Waals surface area contributed by atoms with Crippen molar-refractivity contribution in [2.45, 2.75) is 19.3 Å². The Bertz CT molecular complexity index is 606. The minimum absolute atomic E-state index is 0. The Morgan fingerprint density at radius 2 is 1.64 bits per heavy atom. The molecule has 4 nitrogen and oxygen atoms in total. The smallest absolute Gasteiger partial charge is 0.224 e. The topological polar surface area (TPSA) is 58.4 Å². The molecule has 0 unspecified atom stereocenters. The molecule has 1 amide bonds. The molecule has 25 heavy (non-hydrogen) atoms. The lowest BCUT2D eigenvalue weighted by molar-refractivity contribution is -0.120. The predicted molar refractivity (Wildman–Crippen MR) is 111 cm³/mol. The van der Waals surface area contributed by atoms with Gasteiger partial charge in [0.2, 0.25) is 5.91 Å². The molecule has 2 rings (SSSR count). The largest absolute Gasteiger partial charge is 0.399 e. The molecule has 3 N–H and O–H groups in total. The summed E-state index contributed by atoms with van der Waals surface area (Å²) in [5.74, 6) is 0.0613. The molecule has 6 heteroatoms. The summed E-state index contributed by atoms with van der Waals surface area (Å²) in [6.07, 6.45) is 2.43. The minimum atomic E-state index is 0. The van der Waals surface area contributed by atoms with Crippen LogP contribution >= 0.6 is 24.8 Å². The second kappa shape index (κ2) is 12.5. The molecule has 0 fully saturated rings. The van der Waals surface area contributed by atoms with Crippen molar-refractivity contribution in [3.8, 4) is 0 Å². The average molecular weight is 384 g/mol. The van der Waals surface area contributed by atoms with Gasteiger partial charge in [-0.3, -0.25) is 4.79 Å². The van der Waals surface area contributed by atoms with E-state index in [1.807, 2.05) is 42.5 Å². The van der Waals surface area contributed by atoms with Crippen LogP contribution in [0, 0.1) is 0 Å². The molecular formula is C19H27Cl2N3O. The van der Waals surface area contributed by atoms with Crippen LogP contribution in [0.15, 0.2) is 54.6 Å². The Hall–Kier alpha value is -1.91. The van der Waals surface area contributed by atoms with Gasteiger partial charge in [-0.2, -0.15) is 0 Å². The van der Waals surface area contributed by atoms with E-state index in [2.05, 4.69) is 29.4 Å². The first-order valence-electron chi connectivity index (χ1n) is 8.02. The number of amides is 1. The molecule has 2 aromatic carbocycles. The zero-order valence-electron chi connectivity index (χ0n) is 14.5. The highest BCUT2D eigenvalue weighted by Crippen LogP contribution is 2.11. The number of anilines is 2. The number of hydrogen-bond acceptors (Lipinski definition) is 3. The number of nitrogens with zero attached hydrogens (tertiary/aromatic N) is 1. The number of rotatable bonds is 8. The lowest BCUT2D eigenvalue weighted by Gasteiger charge is -2.19. The van der Waals surface area contributed by atoms with Crippen molar-refractivity contribution in [3.05, 3.63) is 60.2 Å². The molecule has 0 radical (unpaired) electrons. The van der Waals surface area contributed by atoms with Crippen LogP contribution in [0.1, 0.15) is 18.4 Å². The molecule has 0 aromatic heterocycles. The van der Waals surface area contributed by atoms with Crippen molar-refractivity contribution in [1.29, 1.82) is 0 Å². The van der Waals surface area contributed by atoms with E-state index in [0.29, 0.717) is 6.42 Å². The maximum absolute atomic E-state index is 11.9. The lowest BCUT2D eigenvalue weighted by Crippen LogP contribution is -2.27. The number of carbonyl (C=O) groups excluding carboxylic acids is 1. The van der Waals surface area contributed by atoms with Crippen molar-refractivity contribution in [2.75, 3.05) is 30.8 Å². The van der Waals surface area contributed by atoms with Crippen LogP contribution in [0.3, 0.4) is 0 Å². The van der Waals surface area contributed by atoms with Gasteiger partial charge < -0.3 is 16.0 Å². The molecule has 2 aromatic rings. The van der Waals surface area contributed by atoms with Gasteiger partial charge in [-0.15, -0.1) is 24.8 Å². The van der Waals surface area contributed by atoms with Crippen LogP contribution < -0.4 is 16.0 Å². The van der Waals surface area contributed by atoms with Crippen LogP contribution in [0.4, 0.5) is 11.4 Å². The highest BCUT2D eigenvalue weighted by atomic mass is 35.5. The molecule has 0 heterocycles. The van der Waals surface area contributed by atoms with E-state index in [9.17, 15) is 4.79 Å². The molecule has 0 aliphatic carbocycles. The lowest BCUT2D eigenvalue weighted by atomic mass is 10.1. The standard InChI is InChI=1S/C19H25N3O.2ClH/c1-22(18-7-3-2-4-8-18)14-6-5-13-21-19(23)15-16-9-11-17(20)12-10-16;;/h2-4,7-12H,5-6,13-15,20H2,1H3,(H,21,23);2*1H. The van der Waals surface area contributed by atoms with Gasteiger partial charge in [0.1, 0.15) is 0 Å². The van der Waals surface area contributed by atoms with Gasteiger partial charge in [-0.25, -0.2) is 0 Å². The average Bonchev–Trinajstić information content (AvgIpc) is 2.57. The van der Waals surface area contributed by atoms with Crippen LogP contribution in [0.2, 0.25) is 0 Å². The molecule has 0 aliphatic rings. The van der Waals surface area contributed by atoms with Crippen molar-refractivity contribution < 1.29 is 4.79 Å². The zero-order chi connectivity index (χ0) is 16.5. The third-order valence-electron chi connectivity index (χ3n) is 3.78. The first-order valence-corrected chi connectivity index (χ1v) is 8.02. The fourth-order valence-electron chi connectivity index (χ4n) is 2.40. The number of para-hydroxylation sites is 1. The molecule has 0 aliphatic heterocycles. The summed E-state index contributed by atoms with van der Waals surface area (Å²) in [5, 5.41) is 2.97. The first kappa shape index (κ1) is 23.1. The number of nitrogens with two attached hydrogens (primary N) is 1. The molecule has 0 spiro atoms. The van der Waals surface area contributed by atoms with Gasteiger partial charge in [0.25, 0.3) is 0 Å². The number of carbonyl (C=O) groups is 1. The second-order valence-corrected chi connectivity index (χ2v) is 5.73. The molecular weight excluding hydrogens is 357 g/mol. The third kappa shape index (κ3) is 8.66. The van der Waals surface area contributed by atoms with Crippen molar-refractivity contribution >= 4 is 42.1 Å². The van der Waals surface area contributed by atoms with Gasteiger partial charge in [-0.1, -0.05) is 30.3 Å². The number of halogens is 2. The highest BCUT2D eigenvalue weighted by molar-refractivity contribution is 5.85. The van der Waals surface area contributed by atoms with E-state index in [0.717, 1.165) is 37.2 Å². The van der Waals surface area contributed by atoms with E-state index in [1.165, 1.54) is 5.69 Å². The summed E-state index contributed by atoms with van der Waals surface area (Å²) in [6, 6.07) is 17.8. The van der Waals surface area contributed by atoms with Gasteiger partial charge in [0.15, 0.2) is 0 Å². The highest BCUT2D eigenvalue weighted by Gasteiger charge is 2.03. The Morgan fingerprint density at radius 1 is 1.00 bits per heavy atom. The van der Waals surface area contributed by atoms with E-state index >= 15 is 0 Å². The summed E-state index contributed by atoms with van der Waals surface area (Å²) in [6.45, 7) is 1.70. The quantitative estimate of drug-likeness (QED) is 0.539. The SMILES string of the molecule is CN(CCCCNC(=O)Cc1ccc(N)cc1)c1ccccc1.Cl.Cl. The Morgan fingerprint density at radius 3 is 2.28 bits per heavy atom. The second-order valence-electron chi connectivity index (χ2n) is 5.73. The van der Waals surface area contributed by atoms with E-state index < -0.39 is 0 Å². The fraction of sp³-hybridized carbons (Fsp3) is 0.316. The zero-order valence-corrected chi connectivity index (χ0v) is 16.1. The van der Waals surface area contributed by atoms with Gasteiger partial charge in [0.05, 0.1) is 6.42 Å². The van der Waals surface area contributed by atoms with Crippen molar-refractivity contribution in [3.63, 3.8) is 0 Å². The van der Waals surface area contributed by atoms with E-state index in [-0.39, 0.29) is 30.7 Å². The Balaban J connectivity index is 0.00000288. The van der Waals surface area contributed by atoms with E-state index in [1.54, 1.807) is 0 Å². The summed E-state index contributed by atoms with van der Waals surface area (Å²) in [5.41, 5.74) is 8.56. The number of nitrogens with one attached hydrogen (secondary N) is 1. The Kier molecular flexibility index (Phi) is 11.5. The first-order chi connectivity index (χ1) is 11.1.